The normalized spacial score (nSPS) is 12.1. The molecule has 0 aliphatic rings. The van der Waals surface area contributed by atoms with Crippen LogP contribution in [0.5, 0.6) is 11.5 Å². The van der Waals surface area contributed by atoms with Gasteiger partial charge in [-0.05, 0) is 93.1 Å². The van der Waals surface area contributed by atoms with Crippen LogP contribution in [-0.2, 0) is 28.4 Å². The lowest BCUT2D eigenvalue weighted by Crippen LogP contribution is -2.24. The summed E-state index contributed by atoms with van der Waals surface area (Å²) in [7, 11) is -7.60. The lowest BCUT2D eigenvalue weighted by atomic mass is 10.1. The van der Waals surface area contributed by atoms with Gasteiger partial charge in [0.05, 0.1) is 23.4 Å². The van der Waals surface area contributed by atoms with Crippen LogP contribution in [0.15, 0.2) is 76.1 Å². The number of aliphatic imine (C=N–C) groups is 1. The highest BCUT2D eigenvalue weighted by Gasteiger charge is 2.26. The van der Waals surface area contributed by atoms with Crippen LogP contribution in [0, 0.1) is 11.6 Å². The number of hydrogen-bond donors (Lipinski definition) is 3. The van der Waals surface area contributed by atoms with Crippen LogP contribution in [0.4, 0.5) is 14.5 Å². The number of nitrogens with zero attached hydrogens (tertiary/aromatic N) is 1. The highest BCUT2D eigenvalue weighted by atomic mass is 32.2. The Bertz CT molecular complexity index is 1630. The molecule has 0 fully saturated rings. The van der Waals surface area contributed by atoms with E-state index in [0.717, 1.165) is 12.1 Å². The van der Waals surface area contributed by atoms with Crippen LogP contribution in [0.25, 0.3) is 6.08 Å². The van der Waals surface area contributed by atoms with E-state index in [2.05, 4.69) is 9.71 Å². The van der Waals surface area contributed by atoms with E-state index in [9.17, 15) is 26.6 Å². The summed E-state index contributed by atoms with van der Waals surface area (Å²) in [5.74, 6) is -4.13. The molecule has 0 heterocycles. The van der Waals surface area contributed by atoms with Crippen LogP contribution in [0.1, 0.15) is 26.3 Å². The van der Waals surface area contributed by atoms with E-state index in [4.69, 9.17) is 25.3 Å². The average Bonchev–Trinajstić information content (AvgIpc) is 2.91. The van der Waals surface area contributed by atoms with Gasteiger partial charge in [-0.15, -0.1) is 0 Å². The number of rotatable bonds is 12. The fourth-order valence-corrected chi connectivity index (χ4v) is 6.16. The van der Waals surface area contributed by atoms with E-state index in [1.807, 2.05) is 0 Å². The summed E-state index contributed by atoms with van der Waals surface area (Å²) in [6.07, 6.45) is 1.20. The van der Waals surface area contributed by atoms with E-state index in [1.54, 1.807) is 13.8 Å². The van der Waals surface area contributed by atoms with Gasteiger partial charge in [0.1, 0.15) is 5.75 Å². The molecular formula is C27H29F2N4O7PS. The van der Waals surface area contributed by atoms with Crippen molar-refractivity contribution in [2.24, 2.45) is 16.5 Å². The summed E-state index contributed by atoms with van der Waals surface area (Å²) in [6.45, 7) is 5.05. The molecule has 0 spiro atoms. The van der Waals surface area contributed by atoms with Gasteiger partial charge in [-0.25, -0.2) is 17.2 Å². The topological polar surface area (TPSA) is 172 Å². The molecule has 3 aromatic carbocycles. The maximum Gasteiger partial charge on any atom is 0.361 e. The molecule has 0 unspecified atom stereocenters. The zero-order valence-electron chi connectivity index (χ0n) is 22.8. The van der Waals surface area contributed by atoms with Crippen LogP contribution in [-0.4, -0.2) is 33.5 Å². The molecule has 0 radical (unpaired) electrons. The highest BCUT2D eigenvalue weighted by Crippen LogP contribution is 2.46. The molecule has 3 rings (SSSR count). The van der Waals surface area contributed by atoms with Crippen molar-refractivity contribution in [2.75, 3.05) is 17.9 Å². The third-order valence-corrected chi connectivity index (χ3v) is 8.88. The predicted octanol–water partition coefficient (Wildman–Crippen LogP) is 4.65. The first kappa shape index (κ1) is 32.4. The van der Waals surface area contributed by atoms with Crippen molar-refractivity contribution in [2.45, 2.75) is 25.7 Å². The first-order valence-electron chi connectivity index (χ1n) is 12.4. The molecule has 42 heavy (non-hydrogen) atoms. The van der Waals surface area contributed by atoms with Gasteiger partial charge in [-0.1, -0.05) is 0 Å². The van der Waals surface area contributed by atoms with Gasteiger partial charge < -0.3 is 25.3 Å². The minimum Gasteiger partial charge on any atom is -0.451 e. The third-order valence-electron chi connectivity index (χ3n) is 5.36. The number of halogens is 2. The zero-order valence-corrected chi connectivity index (χ0v) is 24.5. The Morgan fingerprint density at radius 3 is 2.02 bits per heavy atom. The van der Waals surface area contributed by atoms with Crippen molar-refractivity contribution in [1.29, 1.82) is 0 Å². The second-order valence-electron chi connectivity index (χ2n) is 8.54. The largest absolute Gasteiger partial charge is 0.451 e. The number of guanidine groups is 1. The summed E-state index contributed by atoms with van der Waals surface area (Å²) in [5, 5.41) is 0.272. The van der Waals surface area contributed by atoms with E-state index < -0.39 is 46.9 Å². The summed E-state index contributed by atoms with van der Waals surface area (Å²) < 4.78 is 86.2. The molecule has 15 heteroatoms. The molecule has 11 nitrogen and oxygen atoms in total. The minimum atomic E-state index is -4.06. The Hall–Kier alpha value is -4.10. The number of nitrogens with one attached hydrogen (secondary N) is 1. The SMILES string of the molecule is CCOP(=O)(OCC)c1ccc(NS(=O)(=O)c2ccc(Oc3c(F)cc(C=C(C)C(=O)N=C(N)N)cc3F)cc2)cc1. The summed E-state index contributed by atoms with van der Waals surface area (Å²) in [6, 6.07) is 12.4. The molecule has 0 aliphatic carbocycles. The van der Waals surface area contributed by atoms with Gasteiger partial charge in [-0.3, -0.25) is 14.1 Å². The molecule has 0 saturated heterocycles. The van der Waals surface area contributed by atoms with Crippen molar-refractivity contribution in [3.8, 4) is 11.5 Å². The minimum absolute atomic E-state index is 0.0214. The number of ether oxygens (including phenoxy) is 1. The first-order chi connectivity index (χ1) is 19.8. The van der Waals surface area contributed by atoms with Gasteiger partial charge in [-0.2, -0.15) is 4.99 Å². The molecule has 3 aromatic rings. The van der Waals surface area contributed by atoms with Crippen molar-refractivity contribution in [1.82, 2.24) is 0 Å². The molecule has 5 N–H and O–H groups in total. The molecule has 224 valence electrons. The molecular weight excluding hydrogens is 593 g/mol. The summed E-state index contributed by atoms with van der Waals surface area (Å²) in [5.41, 5.74) is 10.6. The van der Waals surface area contributed by atoms with Gasteiger partial charge in [0.2, 0.25) is 0 Å². The lowest BCUT2D eigenvalue weighted by Gasteiger charge is -2.17. The van der Waals surface area contributed by atoms with Crippen molar-refractivity contribution < 1.29 is 40.3 Å². The summed E-state index contributed by atoms with van der Waals surface area (Å²) in [4.78, 5) is 15.0. The van der Waals surface area contributed by atoms with E-state index in [1.165, 1.54) is 61.5 Å². The van der Waals surface area contributed by atoms with Crippen LogP contribution in [0.2, 0.25) is 0 Å². The Balaban J connectivity index is 1.74. The maximum atomic E-state index is 14.7. The summed E-state index contributed by atoms with van der Waals surface area (Å²) >= 11 is 0. The van der Waals surface area contributed by atoms with Crippen molar-refractivity contribution in [3.63, 3.8) is 0 Å². The Morgan fingerprint density at radius 2 is 1.52 bits per heavy atom. The number of carbonyl (C=O) groups excluding carboxylic acids is 1. The number of benzene rings is 3. The maximum absolute atomic E-state index is 14.7. The second kappa shape index (κ2) is 13.7. The standard InChI is InChI=1S/C27H29F2N4O7PS/c1-4-38-41(35,39-5-2)21-10-6-19(7-11-21)33-42(36,37)22-12-8-20(9-13-22)40-25-23(28)15-18(16-24(25)29)14-17(3)26(34)32-27(30)31/h6-16,33H,4-5H2,1-3H3,(H4,30,31,32,34). The van der Waals surface area contributed by atoms with Gasteiger partial charge in [0.25, 0.3) is 15.9 Å². The molecule has 0 saturated carbocycles. The molecule has 0 aromatic heterocycles. The quantitative estimate of drug-likeness (QED) is 0.112. The molecule has 0 atom stereocenters. The van der Waals surface area contributed by atoms with Crippen molar-refractivity contribution in [3.05, 3.63) is 83.4 Å². The van der Waals surface area contributed by atoms with Crippen LogP contribution < -0.4 is 26.2 Å². The Labute approximate surface area is 241 Å². The van der Waals surface area contributed by atoms with E-state index in [-0.39, 0.29) is 46.0 Å². The number of carbonyl (C=O) groups is 1. The molecule has 1 amide bonds. The third kappa shape index (κ3) is 8.23. The molecule has 0 aliphatic heterocycles. The predicted molar refractivity (Wildman–Crippen MR) is 155 cm³/mol. The first-order valence-corrected chi connectivity index (χ1v) is 15.4. The van der Waals surface area contributed by atoms with Crippen LogP contribution >= 0.6 is 7.60 Å². The van der Waals surface area contributed by atoms with Gasteiger partial charge in [0.15, 0.2) is 23.3 Å². The smallest absolute Gasteiger partial charge is 0.361 e. The van der Waals surface area contributed by atoms with Crippen LogP contribution in [0.3, 0.4) is 0 Å². The Morgan fingerprint density at radius 1 is 0.976 bits per heavy atom. The van der Waals surface area contributed by atoms with E-state index >= 15 is 0 Å². The fourth-order valence-electron chi connectivity index (χ4n) is 3.53. The number of anilines is 1. The Kier molecular flexibility index (Phi) is 10.6. The van der Waals surface area contributed by atoms with E-state index in [0.29, 0.717) is 0 Å². The zero-order chi connectivity index (χ0) is 31.1. The van der Waals surface area contributed by atoms with Gasteiger partial charge >= 0.3 is 7.60 Å². The number of amides is 1. The number of hydrogen-bond acceptors (Lipinski definition) is 7. The highest BCUT2D eigenvalue weighted by molar-refractivity contribution is 7.92. The average molecular weight is 623 g/mol. The molecule has 0 bridgehead atoms. The fraction of sp³-hybridized carbons (Fsp3) is 0.185. The monoisotopic (exact) mass is 622 g/mol. The number of nitrogens with two attached hydrogens (primary N) is 2. The van der Waals surface area contributed by atoms with Gasteiger partial charge in [0, 0.05) is 11.3 Å². The number of sulfonamides is 1. The van der Waals surface area contributed by atoms with Crippen molar-refractivity contribution >= 4 is 46.6 Å². The lowest BCUT2D eigenvalue weighted by molar-refractivity contribution is -0.114. The second-order valence-corrected chi connectivity index (χ2v) is 12.3.